The van der Waals surface area contributed by atoms with Gasteiger partial charge < -0.3 is 15.2 Å². The van der Waals surface area contributed by atoms with Crippen molar-refractivity contribution >= 4 is 0 Å². The maximum absolute atomic E-state index is 6.19. The van der Waals surface area contributed by atoms with Crippen molar-refractivity contribution in [3.63, 3.8) is 0 Å². The second-order valence-electron chi connectivity index (χ2n) is 7.10. The Morgan fingerprint density at radius 2 is 1.78 bits per heavy atom. The highest BCUT2D eigenvalue weighted by molar-refractivity contribution is 5.43. The summed E-state index contributed by atoms with van der Waals surface area (Å²) in [5.74, 6) is 0.979. The minimum Gasteiger partial charge on any atom is -0.491 e. The number of hydrogen-bond acceptors (Lipinski definition) is 4. The van der Waals surface area contributed by atoms with Crippen molar-refractivity contribution in [3.8, 4) is 5.75 Å². The molecule has 2 saturated heterocycles. The van der Waals surface area contributed by atoms with Crippen LogP contribution in [0.25, 0.3) is 0 Å². The first-order valence-corrected chi connectivity index (χ1v) is 8.82. The van der Waals surface area contributed by atoms with Crippen molar-refractivity contribution in [3.05, 3.63) is 28.8 Å². The number of methoxy groups -OCH3 is 1. The molecule has 128 valence electrons. The largest absolute Gasteiger partial charge is 0.491 e. The molecule has 1 aromatic carbocycles. The third-order valence-corrected chi connectivity index (χ3v) is 5.67. The van der Waals surface area contributed by atoms with Gasteiger partial charge in [0.15, 0.2) is 0 Å². The lowest BCUT2D eigenvalue weighted by molar-refractivity contribution is 0.119. The van der Waals surface area contributed by atoms with E-state index in [1.165, 1.54) is 29.5 Å². The third kappa shape index (κ3) is 3.54. The topological polar surface area (TPSA) is 47.7 Å². The highest BCUT2D eigenvalue weighted by Gasteiger charge is 2.39. The van der Waals surface area contributed by atoms with E-state index in [2.05, 4.69) is 30.9 Å². The van der Waals surface area contributed by atoms with Crippen molar-refractivity contribution in [2.75, 3.05) is 20.3 Å². The number of nitrogens with two attached hydrogens (primary N) is 1. The van der Waals surface area contributed by atoms with Crippen LogP contribution >= 0.6 is 0 Å². The molecule has 0 aromatic heterocycles. The molecule has 4 nitrogen and oxygen atoms in total. The van der Waals surface area contributed by atoms with Crippen molar-refractivity contribution < 1.29 is 9.47 Å². The molecule has 4 heteroatoms. The molecule has 23 heavy (non-hydrogen) atoms. The molecule has 0 spiro atoms. The Bertz CT molecular complexity index is 532. The number of nitrogens with zero attached hydrogens (tertiary/aromatic N) is 1. The molecule has 2 unspecified atom stereocenters. The first kappa shape index (κ1) is 16.7. The summed E-state index contributed by atoms with van der Waals surface area (Å²) in [7, 11) is 1.70. The molecule has 2 heterocycles. The van der Waals surface area contributed by atoms with Gasteiger partial charge in [-0.05, 0) is 62.3 Å². The van der Waals surface area contributed by atoms with Gasteiger partial charge in [0, 0.05) is 31.8 Å². The highest BCUT2D eigenvalue weighted by Crippen LogP contribution is 2.37. The molecule has 2 aliphatic rings. The first-order valence-electron chi connectivity index (χ1n) is 8.82. The molecule has 2 N–H and O–H groups in total. The zero-order valence-corrected chi connectivity index (χ0v) is 14.7. The molecule has 1 aromatic rings. The van der Waals surface area contributed by atoms with Gasteiger partial charge in [0.05, 0.1) is 6.61 Å². The molecule has 2 fully saturated rings. The predicted molar refractivity (Wildman–Crippen MR) is 92.8 cm³/mol. The molecule has 0 radical (unpaired) electrons. The monoisotopic (exact) mass is 318 g/mol. The Labute approximate surface area is 139 Å². The van der Waals surface area contributed by atoms with E-state index < -0.39 is 0 Å². The minimum atomic E-state index is 0.406. The van der Waals surface area contributed by atoms with Gasteiger partial charge in [-0.2, -0.15) is 0 Å². The lowest BCUT2D eigenvalue weighted by Gasteiger charge is -2.38. The van der Waals surface area contributed by atoms with E-state index in [0.29, 0.717) is 31.3 Å². The van der Waals surface area contributed by atoms with Gasteiger partial charge in [0.1, 0.15) is 12.4 Å². The fraction of sp³-hybridized carbons (Fsp3) is 0.684. The van der Waals surface area contributed by atoms with Gasteiger partial charge >= 0.3 is 0 Å². The summed E-state index contributed by atoms with van der Waals surface area (Å²) in [6.45, 7) is 6.64. The molecule has 2 bridgehead atoms. The SMILES string of the molecule is COCCOc1ccc(CN2C3CCC2CC(N)C3)c(C)c1C. The summed E-state index contributed by atoms with van der Waals surface area (Å²) in [5, 5.41) is 0. The van der Waals surface area contributed by atoms with Gasteiger partial charge in [-0.3, -0.25) is 4.90 Å². The van der Waals surface area contributed by atoms with E-state index in [-0.39, 0.29) is 0 Å². The summed E-state index contributed by atoms with van der Waals surface area (Å²) in [5.41, 5.74) is 10.2. The zero-order chi connectivity index (χ0) is 16.4. The maximum atomic E-state index is 6.19. The molecule has 0 amide bonds. The van der Waals surface area contributed by atoms with E-state index in [9.17, 15) is 0 Å². The summed E-state index contributed by atoms with van der Waals surface area (Å²) < 4.78 is 10.9. The Kier molecular flexibility index (Phi) is 5.24. The summed E-state index contributed by atoms with van der Waals surface area (Å²) >= 11 is 0. The normalized spacial score (nSPS) is 27.4. The summed E-state index contributed by atoms with van der Waals surface area (Å²) in [6, 6.07) is 6.12. The molecule has 3 rings (SSSR count). The summed E-state index contributed by atoms with van der Waals surface area (Å²) in [6.07, 6.45) is 4.95. The van der Waals surface area contributed by atoms with E-state index in [0.717, 1.165) is 25.1 Å². The van der Waals surface area contributed by atoms with Gasteiger partial charge in [-0.15, -0.1) is 0 Å². The van der Waals surface area contributed by atoms with Crippen LogP contribution in [0.1, 0.15) is 42.4 Å². The predicted octanol–water partition coefficient (Wildman–Crippen LogP) is 2.78. The molecular formula is C19H30N2O2. The Hall–Kier alpha value is -1.10. The fourth-order valence-electron chi connectivity index (χ4n) is 4.19. The van der Waals surface area contributed by atoms with Crippen LogP contribution in [-0.2, 0) is 11.3 Å². The van der Waals surface area contributed by atoms with Crippen LogP contribution in [0.15, 0.2) is 12.1 Å². The zero-order valence-electron chi connectivity index (χ0n) is 14.7. The number of ether oxygens (including phenoxy) is 2. The standard InChI is InChI=1S/C19H30N2O2/c1-13-14(2)19(23-9-8-22-3)7-4-15(13)12-21-17-5-6-18(21)11-16(20)10-17/h4,7,16-18H,5-6,8-12,20H2,1-3H3. The van der Waals surface area contributed by atoms with Crippen LogP contribution in [0.4, 0.5) is 0 Å². The second-order valence-corrected chi connectivity index (χ2v) is 7.10. The fourth-order valence-corrected chi connectivity index (χ4v) is 4.19. The van der Waals surface area contributed by atoms with Crippen LogP contribution in [0.5, 0.6) is 5.75 Å². The van der Waals surface area contributed by atoms with Crippen molar-refractivity contribution in [1.82, 2.24) is 4.90 Å². The quantitative estimate of drug-likeness (QED) is 0.819. The Morgan fingerprint density at radius 3 is 2.43 bits per heavy atom. The van der Waals surface area contributed by atoms with E-state index in [1.54, 1.807) is 7.11 Å². The highest BCUT2D eigenvalue weighted by atomic mass is 16.5. The van der Waals surface area contributed by atoms with Crippen molar-refractivity contribution in [1.29, 1.82) is 0 Å². The van der Waals surface area contributed by atoms with Crippen LogP contribution in [0.3, 0.4) is 0 Å². The average molecular weight is 318 g/mol. The van der Waals surface area contributed by atoms with E-state index >= 15 is 0 Å². The van der Waals surface area contributed by atoms with Crippen molar-refractivity contribution in [2.45, 2.75) is 64.2 Å². The van der Waals surface area contributed by atoms with Crippen LogP contribution in [0, 0.1) is 13.8 Å². The number of fused-ring (bicyclic) bond motifs is 2. The lowest BCUT2D eigenvalue weighted by atomic mass is 9.96. The number of rotatable bonds is 6. The van der Waals surface area contributed by atoms with Gasteiger partial charge in [0.25, 0.3) is 0 Å². The minimum absolute atomic E-state index is 0.406. The smallest absolute Gasteiger partial charge is 0.122 e. The number of piperidine rings is 1. The van der Waals surface area contributed by atoms with Crippen LogP contribution in [-0.4, -0.2) is 43.3 Å². The second kappa shape index (κ2) is 7.20. The van der Waals surface area contributed by atoms with Crippen LogP contribution in [0.2, 0.25) is 0 Å². The number of benzene rings is 1. The molecule has 0 aliphatic carbocycles. The third-order valence-electron chi connectivity index (χ3n) is 5.67. The van der Waals surface area contributed by atoms with Gasteiger partial charge in [-0.25, -0.2) is 0 Å². The summed E-state index contributed by atoms with van der Waals surface area (Å²) in [4.78, 5) is 2.69. The van der Waals surface area contributed by atoms with Gasteiger partial charge in [0.2, 0.25) is 0 Å². The van der Waals surface area contributed by atoms with Crippen LogP contribution < -0.4 is 10.5 Å². The number of hydrogen-bond donors (Lipinski definition) is 1. The van der Waals surface area contributed by atoms with Crippen molar-refractivity contribution in [2.24, 2.45) is 5.73 Å². The lowest BCUT2D eigenvalue weighted by Crippen LogP contribution is -2.46. The first-order chi connectivity index (χ1) is 11.1. The van der Waals surface area contributed by atoms with Gasteiger partial charge in [-0.1, -0.05) is 6.07 Å². The van der Waals surface area contributed by atoms with E-state index in [4.69, 9.17) is 15.2 Å². The average Bonchev–Trinajstić information content (AvgIpc) is 2.76. The Morgan fingerprint density at radius 1 is 1.09 bits per heavy atom. The maximum Gasteiger partial charge on any atom is 0.122 e. The molecule has 2 aliphatic heterocycles. The molecule has 0 saturated carbocycles. The molecular weight excluding hydrogens is 288 g/mol. The van der Waals surface area contributed by atoms with E-state index in [1.807, 2.05) is 0 Å². The molecule has 2 atom stereocenters. The Balaban J connectivity index is 1.70.